The van der Waals surface area contributed by atoms with Gasteiger partial charge in [-0.25, -0.2) is 17.6 Å². The summed E-state index contributed by atoms with van der Waals surface area (Å²) in [6.07, 6.45) is 0.324. The van der Waals surface area contributed by atoms with Crippen molar-refractivity contribution in [1.82, 2.24) is 5.32 Å². The first-order valence-electron chi connectivity index (χ1n) is 8.47. The third-order valence-electron chi connectivity index (χ3n) is 4.80. The van der Waals surface area contributed by atoms with E-state index in [2.05, 4.69) is 5.32 Å². The number of nitrogens with one attached hydrogen (secondary N) is 1. The predicted octanol–water partition coefficient (Wildman–Crippen LogP) is 2.38. The van der Waals surface area contributed by atoms with E-state index in [-0.39, 0.29) is 30.1 Å². The molecule has 0 aromatic heterocycles. The van der Waals surface area contributed by atoms with Gasteiger partial charge in [0, 0.05) is 6.54 Å². The zero-order chi connectivity index (χ0) is 18.9. The average molecular weight is 400 g/mol. The fourth-order valence-electron chi connectivity index (χ4n) is 3.39. The summed E-state index contributed by atoms with van der Waals surface area (Å²) in [5, 5.41) is 3.00. The molecule has 26 heavy (non-hydrogen) atoms. The van der Waals surface area contributed by atoms with Crippen molar-refractivity contribution in [3.63, 3.8) is 0 Å². The van der Waals surface area contributed by atoms with Crippen LogP contribution in [0, 0.1) is 5.82 Å². The summed E-state index contributed by atoms with van der Waals surface area (Å²) in [7, 11) is -3.00. The molecule has 142 valence electrons. The van der Waals surface area contributed by atoms with Crippen molar-refractivity contribution < 1.29 is 22.3 Å². The minimum atomic E-state index is -3.00. The topological polar surface area (TPSA) is 75.7 Å². The second kappa shape index (κ2) is 7.48. The Hall–Kier alpha value is -1.74. The van der Waals surface area contributed by atoms with Gasteiger partial charge < -0.3 is 10.1 Å². The van der Waals surface area contributed by atoms with Crippen LogP contribution >= 0.6 is 12.2 Å². The van der Waals surface area contributed by atoms with Gasteiger partial charge in [-0.15, -0.1) is 0 Å². The van der Waals surface area contributed by atoms with Gasteiger partial charge in [0.05, 0.1) is 28.2 Å². The van der Waals surface area contributed by atoms with Crippen LogP contribution in [0.15, 0.2) is 18.2 Å². The van der Waals surface area contributed by atoms with E-state index in [0.717, 1.165) is 0 Å². The molecule has 2 heterocycles. The highest BCUT2D eigenvalue weighted by Gasteiger charge is 2.35. The van der Waals surface area contributed by atoms with Gasteiger partial charge in [0.25, 0.3) is 0 Å². The third kappa shape index (κ3) is 4.15. The van der Waals surface area contributed by atoms with Crippen LogP contribution in [-0.4, -0.2) is 50.2 Å². The largest absolute Gasteiger partial charge is 0.447 e. The molecular weight excluding hydrogens is 379 g/mol. The SMILES string of the molecule is CC(=S)NCC1COC(=O)N1c1ccc(C2CCS(=O)(=O)CC2)c(F)c1. The molecule has 1 unspecified atom stereocenters. The summed E-state index contributed by atoms with van der Waals surface area (Å²) in [6.45, 7) is 2.37. The summed E-state index contributed by atoms with van der Waals surface area (Å²) >= 11 is 4.98. The highest BCUT2D eigenvalue weighted by molar-refractivity contribution is 7.91. The first kappa shape index (κ1) is 19.0. The lowest BCUT2D eigenvalue weighted by Crippen LogP contribution is -2.42. The van der Waals surface area contributed by atoms with Crippen LogP contribution in [0.5, 0.6) is 0 Å². The number of sulfone groups is 1. The Morgan fingerprint density at radius 3 is 2.69 bits per heavy atom. The Bertz CT molecular complexity index is 814. The number of anilines is 1. The molecule has 0 aliphatic carbocycles. The number of ether oxygens (including phenoxy) is 1. The van der Waals surface area contributed by atoms with E-state index in [1.54, 1.807) is 19.1 Å². The van der Waals surface area contributed by atoms with Gasteiger partial charge in [-0.2, -0.15) is 0 Å². The maximum atomic E-state index is 14.7. The number of nitrogens with zero attached hydrogens (tertiary/aromatic N) is 1. The lowest BCUT2D eigenvalue weighted by atomic mass is 9.93. The van der Waals surface area contributed by atoms with Crippen molar-refractivity contribution in [2.75, 3.05) is 29.6 Å². The molecule has 2 aliphatic rings. The van der Waals surface area contributed by atoms with Crippen molar-refractivity contribution in [3.05, 3.63) is 29.6 Å². The van der Waals surface area contributed by atoms with E-state index in [9.17, 15) is 17.6 Å². The van der Waals surface area contributed by atoms with Gasteiger partial charge >= 0.3 is 6.09 Å². The highest BCUT2D eigenvalue weighted by atomic mass is 32.2. The molecule has 0 bridgehead atoms. The van der Waals surface area contributed by atoms with E-state index < -0.39 is 21.7 Å². The third-order valence-corrected chi connectivity index (χ3v) is 6.66. The Morgan fingerprint density at radius 1 is 1.38 bits per heavy atom. The standard InChI is InChI=1S/C17H21FN2O4S2/c1-11(25)19-9-14-10-24-17(21)20(14)13-2-3-15(16(18)8-13)12-4-6-26(22,23)7-5-12/h2-3,8,12,14H,4-7,9-10H2,1H3,(H,19,25). The molecule has 1 aromatic rings. The van der Waals surface area contributed by atoms with Crippen LogP contribution in [0.3, 0.4) is 0 Å². The molecule has 2 fully saturated rings. The second-order valence-corrected chi connectivity index (χ2v) is 9.59. The molecule has 1 amide bonds. The molecule has 9 heteroatoms. The van der Waals surface area contributed by atoms with Crippen LogP contribution in [0.25, 0.3) is 0 Å². The number of hydrogen-bond donors (Lipinski definition) is 1. The van der Waals surface area contributed by atoms with E-state index in [0.29, 0.717) is 35.6 Å². The first-order chi connectivity index (χ1) is 12.3. The molecule has 2 saturated heterocycles. The molecule has 6 nitrogen and oxygen atoms in total. The number of carbonyl (C=O) groups is 1. The zero-order valence-corrected chi connectivity index (χ0v) is 16.0. The van der Waals surface area contributed by atoms with Gasteiger partial charge in [0.2, 0.25) is 0 Å². The Balaban J connectivity index is 1.78. The van der Waals surface area contributed by atoms with Gasteiger partial charge in [0.15, 0.2) is 0 Å². The smallest absolute Gasteiger partial charge is 0.414 e. The number of benzene rings is 1. The van der Waals surface area contributed by atoms with Crippen LogP contribution in [-0.2, 0) is 14.6 Å². The molecule has 0 saturated carbocycles. The van der Waals surface area contributed by atoms with Crippen LogP contribution in [0.2, 0.25) is 0 Å². The van der Waals surface area contributed by atoms with Crippen molar-refractivity contribution in [1.29, 1.82) is 0 Å². The Kier molecular flexibility index (Phi) is 5.47. The first-order valence-corrected chi connectivity index (χ1v) is 10.7. The van der Waals surface area contributed by atoms with Crippen LogP contribution < -0.4 is 10.2 Å². The number of hydrogen-bond acceptors (Lipinski definition) is 5. The summed E-state index contributed by atoms with van der Waals surface area (Å²) in [5.74, 6) is -0.374. The summed E-state index contributed by atoms with van der Waals surface area (Å²) in [6, 6.07) is 4.38. The van der Waals surface area contributed by atoms with Gasteiger partial charge in [-0.3, -0.25) is 4.90 Å². The maximum absolute atomic E-state index is 14.7. The number of carbonyl (C=O) groups excluding carboxylic acids is 1. The number of thiocarbonyl (C=S) groups is 1. The summed E-state index contributed by atoms with van der Waals surface area (Å²) in [5.41, 5.74) is 0.923. The van der Waals surface area contributed by atoms with Crippen molar-refractivity contribution in [2.45, 2.75) is 31.7 Å². The molecule has 0 radical (unpaired) electrons. The number of rotatable bonds is 4. The van der Waals surface area contributed by atoms with Gasteiger partial charge in [0.1, 0.15) is 22.3 Å². The molecular formula is C17H21FN2O4S2. The second-order valence-electron chi connectivity index (χ2n) is 6.67. The minimum absolute atomic E-state index is 0.0853. The highest BCUT2D eigenvalue weighted by Crippen LogP contribution is 2.33. The summed E-state index contributed by atoms with van der Waals surface area (Å²) in [4.78, 5) is 14.1. The minimum Gasteiger partial charge on any atom is -0.447 e. The Labute approximate surface area is 157 Å². The summed E-state index contributed by atoms with van der Waals surface area (Å²) < 4.78 is 42.9. The van der Waals surface area contributed by atoms with E-state index >= 15 is 0 Å². The maximum Gasteiger partial charge on any atom is 0.414 e. The molecule has 1 atom stereocenters. The fraction of sp³-hybridized carbons (Fsp3) is 0.529. The lowest BCUT2D eigenvalue weighted by Gasteiger charge is -2.25. The van der Waals surface area contributed by atoms with Crippen molar-refractivity contribution in [2.24, 2.45) is 0 Å². The average Bonchev–Trinajstić information content (AvgIpc) is 2.94. The normalized spacial score (nSPS) is 22.9. The van der Waals surface area contributed by atoms with E-state index in [1.807, 2.05) is 0 Å². The zero-order valence-electron chi connectivity index (χ0n) is 14.4. The van der Waals surface area contributed by atoms with E-state index in [4.69, 9.17) is 17.0 Å². The van der Waals surface area contributed by atoms with Crippen molar-refractivity contribution in [3.8, 4) is 0 Å². The fourth-order valence-corrected chi connectivity index (χ4v) is 4.96. The molecule has 3 rings (SSSR count). The Morgan fingerprint density at radius 2 is 2.08 bits per heavy atom. The lowest BCUT2D eigenvalue weighted by molar-refractivity contribution is 0.179. The molecule has 2 aliphatic heterocycles. The van der Waals surface area contributed by atoms with Crippen LogP contribution in [0.4, 0.5) is 14.9 Å². The van der Waals surface area contributed by atoms with E-state index in [1.165, 1.54) is 11.0 Å². The molecule has 0 spiro atoms. The van der Waals surface area contributed by atoms with Crippen LogP contribution in [0.1, 0.15) is 31.2 Å². The van der Waals surface area contributed by atoms with Gasteiger partial charge in [-0.1, -0.05) is 18.3 Å². The predicted molar refractivity (Wildman–Crippen MR) is 101 cm³/mol. The molecule has 1 aromatic carbocycles. The number of amides is 1. The number of cyclic esters (lactones) is 1. The van der Waals surface area contributed by atoms with Crippen molar-refractivity contribution >= 4 is 38.8 Å². The monoisotopic (exact) mass is 400 g/mol. The quantitative estimate of drug-likeness (QED) is 0.782. The molecule has 1 N–H and O–H groups in total. The number of halogens is 1. The van der Waals surface area contributed by atoms with Gasteiger partial charge in [-0.05, 0) is 43.4 Å².